The van der Waals surface area contributed by atoms with Gasteiger partial charge in [0, 0.05) is 6.54 Å². The predicted molar refractivity (Wildman–Crippen MR) is 87.0 cm³/mol. The summed E-state index contributed by atoms with van der Waals surface area (Å²) in [4.78, 5) is 8.10. The lowest BCUT2D eigenvalue weighted by molar-refractivity contribution is 0.416. The Labute approximate surface area is 127 Å². The van der Waals surface area contributed by atoms with E-state index < -0.39 is 0 Å². The Hall–Kier alpha value is -2.82. The minimum absolute atomic E-state index is 0.792. The summed E-state index contributed by atoms with van der Waals surface area (Å²) in [5.74, 6) is 1.62. The van der Waals surface area contributed by atoms with Crippen LogP contribution in [0.15, 0.2) is 42.6 Å². The zero-order chi connectivity index (χ0) is 15.1. The zero-order valence-corrected chi connectivity index (χ0v) is 12.5. The molecule has 0 aliphatic heterocycles. The Morgan fingerprint density at radius 2 is 2.05 bits per heavy atom. The summed E-state index contributed by atoms with van der Waals surface area (Å²) in [6, 6.07) is 12.3. The second-order valence-corrected chi connectivity index (χ2v) is 5.15. The normalized spacial score (nSPS) is 11.4. The van der Waals surface area contributed by atoms with Crippen LogP contribution >= 0.6 is 0 Å². The smallest absolute Gasteiger partial charge is 0.176 e. The number of nitrogens with zero attached hydrogens (tertiary/aromatic N) is 3. The molecule has 0 atom stereocenters. The van der Waals surface area contributed by atoms with Crippen LogP contribution in [0.2, 0.25) is 0 Å². The highest BCUT2D eigenvalue weighted by Crippen LogP contribution is 2.36. The number of hydrogen-bond acceptors (Lipinski definition) is 3. The van der Waals surface area contributed by atoms with Crippen LogP contribution in [-0.2, 0) is 6.54 Å². The average molecular weight is 292 g/mol. The molecule has 0 fully saturated rings. The lowest BCUT2D eigenvalue weighted by Crippen LogP contribution is -1.96. The van der Waals surface area contributed by atoms with Crippen molar-refractivity contribution in [2.75, 3.05) is 7.11 Å². The lowest BCUT2D eigenvalue weighted by atomic mass is 10.0. The van der Waals surface area contributed by atoms with E-state index in [4.69, 9.17) is 9.72 Å². The lowest BCUT2D eigenvalue weighted by Gasteiger charge is -2.10. The molecule has 0 bridgehead atoms. The van der Waals surface area contributed by atoms with Crippen molar-refractivity contribution in [3.63, 3.8) is 0 Å². The SMILES string of the molecule is CCn1ncc2[nH]c(-c3c(OC)ccc4ccccc34)nc21. The van der Waals surface area contributed by atoms with Gasteiger partial charge in [-0.3, -0.25) is 0 Å². The van der Waals surface area contributed by atoms with Crippen molar-refractivity contribution in [3.05, 3.63) is 42.6 Å². The Morgan fingerprint density at radius 1 is 1.18 bits per heavy atom. The van der Waals surface area contributed by atoms with E-state index in [-0.39, 0.29) is 0 Å². The molecule has 2 heterocycles. The summed E-state index contributed by atoms with van der Waals surface area (Å²) in [5, 5.41) is 6.59. The largest absolute Gasteiger partial charge is 0.496 e. The summed E-state index contributed by atoms with van der Waals surface area (Å²) in [7, 11) is 1.68. The number of benzene rings is 2. The van der Waals surface area contributed by atoms with Gasteiger partial charge in [-0.1, -0.05) is 30.3 Å². The Bertz CT molecular complexity index is 967. The fourth-order valence-corrected chi connectivity index (χ4v) is 2.86. The van der Waals surface area contributed by atoms with Crippen molar-refractivity contribution in [3.8, 4) is 17.1 Å². The number of fused-ring (bicyclic) bond motifs is 2. The van der Waals surface area contributed by atoms with E-state index in [1.54, 1.807) is 7.11 Å². The minimum atomic E-state index is 0.792. The molecule has 0 radical (unpaired) electrons. The second-order valence-electron chi connectivity index (χ2n) is 5.15. The van der Waals surface area contributed by atoms with Crippen LogP contribution in [0.3, 0.4) is 0 Å². The van der Waals surface area contributed by atoms with Crippen LogP contribution in [-0.4, -0.2) is 26.9 Å². The molecule has 0 saturated heterocycles. The van der Waals surface area contributed by atoms with Gasteiger partial charge in [-0.25, -0.2) is 9.67 Å². The van der Waals surface area contributed by atoms with E-state index in [0.717, 1.165) is 45.6 Å². The molecule has 2 aromatic heterocycles. The van der Waals surface area contributed by atoms with Gasteiger partial charge in [0.15, 0.2) is 5.65 Å². The number of aromatic amines is 1. The summed E-state index contributed by atoms with van der Waals surface area (Å²) in [6.45, 7) is 2.85. The van der Waals surface area contributed by atoms with E-state index in [2.05, 4.69) is 35.2 Å². The van der Waals surface area contributed by atoms with Crippen molar-refractivity contribution in [2.24, 2.45) is 0 Å². The first-order valence-electron chi connectivity index (χ1n) is 7.29. The predicted octanol–water partition coefficient (Wildman–Crippen LogP) is 3.61. The molecule has 0 aliphatic carbocycles. The number of aryl methyl sites for hydroxylation is 1. The summed E-state index contributed by atoms with van der Waals surface area (Å²) in [6.07, 6.45) is 1.81. The van der Waals surface area contributed by atoms with Crippen molar-refractivity contribution >= 4 is 21.9 Å². The Kier molecular flexibility index (Phi) is 2.85. The van der Waals surface area contributed by atoms with Gasteiger partial charge in [0.2, 0.25) is 0 Å². The van der Waals surface area contributed by atoms with Crippen LogP contribution in [0.25, 0.3) is 33.3 Å². The number of aromatic nitrogens is 4. The zero-order valence-electron chi connectivity index (χ0n) is 12.5. The minimum Gasteiger partial charge on any atom is -0.496 e. The monoisotopic (exact) mass is 292 g/mol. The van der Waals surface area contributed by atoms with Crippen LogP contribution in [0.4, 0.5) is 0 Å². The van der Waals surface area contributed by atoms with E-state index in [0.29, 0.717) is 0 Å². The van der Waals surface area contributed by atoms with Crippen molar-refractivity contribution < 1.29 is 4.74 Å². The average Bonchev–Trinajstić information content (AvgIpc) is 3.13. The molecule has 0 amide bonds. The molecule has 5 heteroatoms. The molecule has 0 spiro atoms. The van der Waals surface area contributed by atoms with Crippen molar-refractivity contribution in [2.45, 2.75) is 13.5 Å². The maximum absolute atomic E-state index is 5.55. The number of H-pyrrole nitrogens is 1. The van der Waals surface area contributed by atoms with E-state index in [1.807, 2.05) is 29.1 Å². The van der Waals surface area contributed by atoms with Crippen molar-refractivity contribution in [1.29, 1.82) is 0 Å². The Balaban J connectivity index is 2.03. The van der Waals surface area contributed by atoms with Crippen LogP contribution in [0, 0.1) is 0 Å². The van der Waals surface area contributed by atoms with Gasteiger partial charge in [-0.2, -0.15) is 5.10 Å². The van der Waals surface area contributed by atoms with Gasteiger partial charge >= 0.3 is 0 Å². The van der Waals surface area contributed by atoms with Crippen LogP contribution in [0.5, 0.6) is 5.75 Å². The molecule has 0 aliphatic rings. The number of hydrogen-bond donors (Lipinski definition) is 1. The number of methoxy groups -OCH3 is 1. The third-order valence-electron chi connectivity index (χ3n) is 3.93. The summed E-state index contributed by atoms with van der Waals surface area (Å²) < 4.78 is 7.44. The molecule has 5 nitrogen and oxygen atoms in total. The Morgan fingerprint density at radius 3 is 2.86 bits per heavy atom. The maximum atomic E-state index is 5.55. The highest BCUT2D eigenvalue weighted by Gasteiger charge is 2.16. The molecule has 1 N–H and O–H groups in total. The molecule has 4 rings (SSSR count). The van der Waals surface area contributed by atoms with E-state index in [9.17, 15) is 0 Å². The van der Waals surface area contributed by atoms with Gasteiger partial charge in [-0.05, 0) is 23.8 Å². The number of rotatable bonds is 3. The van der Waals surface area contributed by atoms with E-state index >= 15 is 0 Å². The van der Waals surface area contributed by atoms with Crippen molar-refractivity contribution in [1.82, 2.24) is 19.7 Å². The van der Waals surface area contributed by atoms with Gasteiger partial charge in [-0.15, -0.1) is 0 Å². The van der Waals surface area contributed by atoms with Crippen LogP contribution in [0.1, 0.15) is 6.92 Å². The summed E-state index contributed by atoms with van der Waals surface area (Å²) in [5.41, 5.74) is 2.79. The highest BCUT2D eigenvalue weighted by atomic mass is 16.5. The molecule has 4 aromatic rings. The third-order valence-corrected chi connectivity index (χ3v) is 3.93. The molecule has 0 unspecified atom stereocenters. The van der Waals surface area contributed by atoms with Gasteiger partial charge in [0.1, 0.15) is 17.1 Å². The molecular formula is C17H16N4O. The molecule has 0 saturated carbocycles. The second kappa shape index (κ2) is 4.87. The maximum Gasteiger partial charge on any atom is 0.176 e. The fraction of sp³-hybridized carbons (Fsp3) is 0.176. The van der Waals surface area contributed by atoms with Gasteiger partial charge in [0.25, 0.3) is 0 Å². The first-order valence-corrected chi connectivity index (χ1v) is 7.29. The number of ether oxygens (including phenoxy) is 1. The molecular weight excluding hydrogens is 276 g/mol. The topological polar surface area (TPSA) is 55.7 Å². The van der Waals surface area contributed by atoms with E-state index in [1.165, 1.54) is 0 Å². The first kappa shape index (κ1) is 12.9. The standard InChI is InChI=1S/C17H16N4O/c1-3-21-17-13(10-18-21)19-16(20-17)15-12-7-5-4-6-11(12)8-9-14(15)22-2/h4-10H,3H2,1-2H3,(H,19,20). The fourth-order valence-electron chi connectivity index (χ4n) is 2.86. The summed E-state index contributed by atoms with van der Waals surface area (Å²) >= 11 is 0. The van der Waals surface area contributed by atoms with Gasteiger partial charge < -0.3 is 9.72 Å². The number of imidazole rings is 1. The first-order chi connectivity index (χ1) is 10.8. The molecule has 22 heavy (non-hydrogen) atoms. The van der Waals surface area contributed by atoms with Gasteiger partial charge in [0.05, 0.1) is 18.9 Å². The van der Waals surface area contributed by atoms with Crippen LogP contribution < -0.4 is 4.74 Å². The quantitative estimate of drug-likeness (QED) is 0.627. The molecule has 2 aromatic carbocycles. The third kappa shape index (κ3) is 1.79. The number of nitrogens with one attached hydrogen (secondary N) is 1. The molecule has 110 valence electrons. The highest BCUT2D eigenvalue weighted by molar-refractivity contribution is 5.99.